The Bertz CT molecular complexity index is 608. The Hall–Kier alpha value is -2.25. The molecule has 0 aliphatic heterocycles. The van der Waals surface area contributed by atoms with Crippen molar-refractivity contribution in [3.63, 3.8) is 0 Å². The first-order valence-corrected chi connectivity index (χ1v) is 6.12. The van der Waals surface area contributed by atoms with Gasteiger partial charge in [0.2, 0.25) is 0 Å². The average Bonchev–Trinajstić information content (AvgIpc) is 2.87. The molecule has 4 heteroatoms. The van der Waals surface area contributed by atoms with E-state index in [0.717, 1.165) is 16.9 Å². The second-order valence-electron chi connectivity index (χ2n) is 4.54. The topological polar surface area (TPSA) is 64.0 Å². The zero-order valence-corrected chi connectivity index (χ0v) is 11.1. The number of methoxy groups -OCH3 is 1. The molecule has 2 aromatic rings. The van der Waals surface area contributed by atoms with E-state index in [1.54, 1.807) is 13.2 Å². The minimum Gasteiger partial charge on any atom is -0.496 e. The minimum atomic E-state index is 0.0218. The summed E-state index contributed by atoms with van der Waals surface area (Å²) in [5.74, 6) is 0.787. The summed E-state index contributed by atoms with van der Waals surface area (Å²) in [6, 6.07) is 9.60. The van der Waals surface area contributed by atoms with Crippen LogP contribution >= 0.6 is 0 Å². The van der Waals surface area contributed by atoms with Gasteiger partial charge in [0.1, 0.15) is 5.75 Å². The molecular formula is C15H17N3O. The zero-order chi connectivity index (χ0) is 13.8. The second kappa shape index (κ2) is 5.59. The molecule has 1 aromatic heterocycles. The molecule has 2 N–H and O–H groups in total. The van der Waals surface area contributed by atoms with Crippen LogP contribution in [0, 0.1) is 11.3 Å². The Morgan fingerprint density at radius 1 is 1.42 bits per heavy atom. The van der Waals surface area contributed by atoms with Crippen LogP contribution in [0.2, 0.25) is 0 Å². The van der Waals surface area contributed by atoms with Gasteiger partial charge in [-0.15, -0.1) is 0 Å². The largest absolute Gasteiger partial charge is 0.496 e. The molecule has 1 unspecified atom stereocenters. The summed E-state index contributed by atoms with van der Waals surface area (Å²) in [6.07, 6.45) is 4.00. The molecule has 0 fully saturated rings. The lowest BCUT2D eigenvalue weighted by Crippen LogP contribution is -2.04. The number of rotatable bonds is 4. The van der Waals surface area contributed by atoms with Crippen molar-refractivity contribution in [2.45, 2.75) is 19.5 Å². The van der Waals surface area contributed by atoms with Crippen LogP contribution in [0.4, 0.5) is 0 Å². The van der Waals surface area contributed by atoms with Crippen molar-refractivity contribution in [3.8, 4) is 11.8 Å². The lowest BCUT2D eigenvalue weighted by molar-refractivity contribution is 0.408. The molecule has 19 heavy (non-hydrogen) atoms. The number of ether oxygens (including phenoxy) is 1. The molecular weight excluding hydrogens is 238 g/mol. The maximum Gasteiger partial charge on any atom is 0.123 e. The maximum atomic E-state index is 8.95. The molecule has 0 aliphatic carbocycles. The highest BCUT2D eigenvalue weighted by Gasteiger charge is 2.07. The molecule has 0 aliphatic rings. The van der Waals surface area contributed by atoms with Gasteiger partial charge in [-0.1, -0.05) is 0 Å². The van der Waals surface area contributed by atoms with Crippen LogP contribution in [0.15, 0.2) is 36.7 Å². The first-order chi connectivity index (χ1) is 9.13. The zero-order valence-electron chi connectivity index (χ0n) is 11.1. The summed E-state index contributed by atoms with van der Waals surface area (Å²) >= 11 is 0. The Balaban J connectivity index is 2.28. The Morgan fingerprint density at radius 3 is 2.79 bits per heavy atom. The van der Waals surface area contributed by atoms with Crippen molar-refractivity contribution < 1.29 is 4.74 Å². The predicted octanol–water partition coefficient (Wildman–Crippen LogP) is 2.44. The highest BCUT2D eigenvalue weighted by Crippen LogP contribution is 2.21. The smallest absolute Gasteiger partial charge is 0.123 e. The average molecular weight is 255 g/mol. The normalized spacial score (nSPS) is 11.9. The number of hydrogen-bond donors (Lipinski definition) is 1. The Labute approximate surface area is 113 Å². The first-order valence-electron chi connectivity index (χ1n) is 6.12. The Morgan fingerprint density at radius 2 is 2.21 bits per heavy atom. The van der Waals surface area contributed by atoms with Crippen molar-refractivity contribution >= 4 is 0 Å². The molecule has 2 rings (SSSR count). The SMILES string of the molecule is COc1ccc(C#N)cc1Cn1ccc(C(C)N)c1. The molecule has 0 saturated carbocycles. The summed E-state index contributed by atoms with van der Waals surface area (Å²) in [7, 11) is 1.63. The van der Waals surface area contributed by atoms with E-state index in [9.17, 15) is 0 Å². The van der Waals surface area contributed by atoms with Crippen molar-refractivity contribution in [1.29, 1.82) is 5.26 Å². The molecule has 98 valence electrons. The second-order valence-corrected chi connectivity index (χ2v) is 4.54. The van der Waals surface area contributed by atoms with Crippen LogP contribution in [0.5, 0.6) is 5.75 Å². The molecule has 1 atom stereocenters. The van der Waals surface area contributed by atoms with E-state index < -0.39 is 0 Å². The van der Waals surface area contributed by atoms with Gasteiger partial charge in [0.15, 0.2) is 0 Å². The van der Waals surface area contributed by atoms with Gasteiger partial charge < -0.3 is 15.0 Å². The molecule has 0 saturated heterocycles. The standard InChI is InChI=1S/C15H17N3O/c1-11(17)13-5-6-18(9-13)10-14-7-12(8-16)3-4-15(14)19-2/h3-7,9,11H,10,17H2,1-2H3. The fraction of sp³-hybridized carbons (Fsp3) is 0.267. The van der Waals surface area contributed by atoms with Gasteiger partial charge in [-0.25, -0.2) is 0 Å². The molecule has 1 aromatic carbocycles. The summed E-state index contributed by atoms with van der Waals surface area (Å²) < 4.78 is 7.36. The van der Waals surface area contributed by atoms with Crippen LogP contribution in [0.3, 0.4) is 0 Å². The van der Waals surface area contributed by atoms with Gasteiger partial charge in [-0.3, -0.25) is 0 Å². The quantitative estimate of drug-likeness (QED) is 0.912. The monoisotopic (exact) mass is 255 g/mol. The lowest BCUT2D eigenvalue weighted by atomic mass is 10.1. The third kappa shape index (κ3) is 2.95. The number of nitrogens with two attached hydrogens (primary N) is 1. The van der Waals surface area contributed by atoms with Crippen molar-refractivity contribution in [3.05, 3.63) is 53.3 Å². The van der Waals surface area contributed by atoms with E-state index in [0.29, 0.717) is 12.1 Å². The Kier molecular flexibility index (Phi) is 3.88. The molecule has 4 nitrogen and oxygen atoms in total. The molecule has 0 bridgehead atoms. The molecule has 0 radical (unpaired) electrons. The fourth-order valence-corrected chi connectivity index (χ4v) is 2.00. The molecule has 1 heterocycles. The number of nitrogens with zero attached hydrogens (tertiary/aromatic N) is 2. The van der Waals surface area contributed by atoms with Crippen LogP contribution in [-0.4, -0.2) is 11.7 Å². The molecule has 0 amide bonds. The van der Waals surface area contributed by atoms with Gasteiger partial charge in [-0.2, -0.15) is 5.26 Å². The van der Waals surface area contributed by atoms with Gasteiger partial charge in [0, 0.05) is 24.0 Å². The third-order valence-electron chi connectivity index (χ3n) is 3.06. The van der Waals surface area contributed by atoms with Crippen LogP contribution < -0.4 is 10.5 Å². The summed E-state index contributed by atoms with van der Waals surface area (Å²) in [5.41, 5.74) is 8.55. The lowest BCUT2D eigenvalue weighted by Gasteiger charge is -2.10. The van der Waals surface area contributed by atoms with E-state index in [4.69, 9.17) is 15.7 Å². The molecule has 0 spiro atoms. The van der Waals surface area contributed by atoms with Crippen LogP contribution in [0.1, 0.15) is 29.7 Å². The van der Waals surface area contributed by atoms with Crippen LogP contribution in [-0.2, 0) is 6.54 Å². The number of hydrogen-bond acceptors (Lipinski definition) is 3. The van der Waals surface area contributed by atoms with E-state index in [1.165, 1.54) is 0 Å². The number of aromatic nitrogens is 1. The van der Waals surface area contributed by atoms with Crippen molar-refractivity contribution in [2.75, 3.05) is 7.11 Å². The third-order valence-corrected chi connectivity index (χ3v) is 3.06. The minimum absolute atomic E-state index is 0.0218. The van der Waals surface area contributed by atoms with Crippen molar-refractivity contribution in [1.82, 2.24) is 4.57 Å². The van der Waals surface area contributed by atoms with Crippen molar-refractivity contribution in [2.24, 2.45) is 5.73 Å². The fourth-order valence-electron chi connectivity index (χ4n) is 2.00. The van der Waals surface area contributed by atoms with E-state index in [1.807, 2.05) is 42.1 Å². The summed E-state index contributed by atoms with van der Waals surface area (Å²) in [4.78, 5) is 0. The van der Waals surface area contributed by atoms with Gasteiger partial charge >= 0.3 is 0 Å². The van der Waals surface area contributed by atoms with E-state index >= 15 is 0 Å². The maximum absolute atomic E-state index is 8.95. The van der Waals surface area contributed by atoms with Gasteiger partial charge in [-0.05, 0) is 36.8 Å². The van der Waals surface area contributed by atoms with Gasteiger partial charge in [0.05, 0.1) is 25.3 Å². The highest BCUT2D eigenvalue weighted by molar-refractivity contribution is 5.42. The van der Waals surface area contributed by atoms with E-state index in [-0.39, 0.29) is 6.04 Å². The van der Waals surface area contributed by atoms with E-state index in [2.05, 4.69) is 6.07 Å². The number of benzene rings is 1. The predicted molar refractivity (Wildman–Crippen MR) is 73.8 cm³/mol. The highest BCUT2D eigenvalue weighted by atomic mass is 16.5. The summed E-state index contributed by atoms with van der Waals surface area (Å²) in [6.45, 7) is 2.61. The van der Waals surface area contributed by atoms with Gasteiger partial charge in [0.25, 0.3) is 0 Å². The van der Waals surface area contributed by atoms with Crippen LogP contribution in [0.25, 0.3) is 0 Å². The first kappa shape index (κ1) is 13.2. The number of nitriles is 1. The summed E-state index contributed by atoms with van der Waals surface area (Å²) in [5, 5.41) is 8.95.